The molecular weight excluding hydrogens is 423 g/mol. The Morgan fingerprint density at radius 1 is 1.20 bits per heavy atom. The van der Waals surface area contributed by atoms with Gasteiger partial charge >= 0.3 is 0 Å². The predicted octanol–water partition coefficient (Wildman–Crippen LogP) is 4.82. The number of rotatable bonds is 8. The number of hydrogen-bond donors (Lipinski definition) is 1. The predicted molar refractivity (Wildman–Crippen MR) is 118 cm³/mol. The van der Waals surface area contributed by atoms with Crippen molar-refractivity contribution in [2.24, 2.45) is 0 Å². The molecule has 1 aromatic heterocycles. The Morgan fingerprint density at radius 2 is 2.00 bits per heavy atom. The quantitative estimate of drug-likeness (QED) is 0.507. The van der Waals surface area contributed by atoms with Gasteiger partial charge in [-0.1, -0.05) is 24.3 Å². The first-order chi connectivity index (χ1) is 14.3. The van der Waals surface area contributed by atoms with Gasteiger partial charge < -0.3 is 4.90 Å². The SMILES string of the molecule is C=CCN(Cc1cccs1)C(=O)c1cccc(NS(=O)(=O)c2ccc(C)c(F)c2)c1. The van der Waals surface area contributed by atoms with E-state index in [4.69, 9.17) is 0 Å². The minimum atomic E-state index is -4.00. The molecule has 0 saturated carbocycles. The molecule has 5 nitrogen and oxygen atoms in total. The van der Waals surface area contributed by atoms with Gasteiger partial charge in [0.15, 0.2) is 0 Å². The molecule has 0 aliphatic heterocycles. The number of sulfonamides is 1. The van der Waals surface area contributed by atoms with Crippen molar-refractivity contribution >= 4 is 33.0 Å². The summed E-state index contributed by atoms with van der Waals surface area (Å²) in [5.74, 6) is -0.846. The number of anilines is 1. The van der Waals surface area contributed by atoms with Crippen molar-refractivity contribution in [2.45, 2.75) is 18.4 Å². The molecule has 8 heteroatoms. The van der Waals surface area contributed by atoms with E-state index in [2.05, 4.69) is 11.3 Å². The summed E-state index contributed by atoms with van der Waals surface area (Å²) in [6.07, 6.45) is 1.64. The highest BCUT2D eigenvalue weighted by Crippen LogP contribution is 2.21. The summed E-state index contributed by atoms with van der Waals surface area (Å²) < 4.78 is 41.4. The molecule has 3 rings (SSSR count). The van der Waals surface area contributed by atoms with Crippen LogP contribution in [0.1, 0.15) is 20.8 Å². The number of aryl methyl sites for hydroxylation is 1. The minimum absolute atomic E-state index is 0.187. The van der Waals surface area contributed by atoms with Crippen LogP contribution < -0.4 is 4.72 Å². The second kappa shape index (κ2) is 9.23. The van der Waals surface area contributed by atoms with Crippen molar-refractivity contribution in [3.05, 3.63) is 94.5 Å². The zero-order chi connectivity index (χ0) is 21.7. The van der Waals surface area contributed by atoms with Crippen LogP contribution in [0, 0.1) is 12.7 Å². The molecule has 0 saturated heterocycles. The highest BCUT2D eigenvalue weighted by Gasteiger charge is 2.19. The fraction of sp³-hybridized carbons (Fsp3) is 0.136. The average Bonchev–Trinajstić information content (AvgIpc) is 3.22. The van der Waals surface area contributed by atoms with Crippen LogP contribution in [0.5, 0.6) is 0 Å². The van der Waals surface area contributed by atoms with Crippen molar-refractivity contribution in [2.75, 3.05) is 11.3 Å². The van der Waals surface area contributed by atoms with Crippen LogP contribution in [0.2, 0.25) is 0 Å². The maximum absolute atomic E-state index is 13.8. The van der Waals surface area contributed by atoms with Crippen molar-refractivity contribution < 1.29 is 17.6 Å². The molecule has 2 aromatic carbocycles. The Bertz CT molecular complexity index is 1160. The van der Waals surface area contributed by atoms with Crippen LogP contribution in [0.15, 0.2) is 77.5 Å². The largest absolute Gasteiger partial charge is 0.330 e. The highest BCUT2D eigenvalue weighted by molar-refractivity contribution is 7.92. The normalized spacial score (nSPS) is 11.1. The van der Waals surface area contributed by atoms with Gasteiger partial charge in [-0.05, 0) is 54.3 Å². The first-order valence-corrected chi connectivity index (χ1v) is 11.5. The Hall–Kier alpha value is -2.97. The molecule has 0 fully saturated rings. The van der Waals surface area contributed by atoms with Crippen molar-refractivity contribution in [3.8, 4) is 0 Å². The summed E-state index contributed by atoms with van der Waals surface area (Å²) in [6.45, 7) is 6.05. The molecule has 0 unspecified atom stereocenters. The number of nitrogens with one attached hydrogen (secondary N) is 1. The Labute approximate surface area is 179 Å². The van der Waals surface area contributed by atoms with Crippen LogP contribution >= 0.6 is 11.3 Å². The Morgan fingerprint density at radius 3 is 2.67 bits per heavy atom. The van der Waals surface area contributed by atoms with E-state index in [-0.39, 0.29) is 16.5 Å². The third-order valence-corrected chi connectivity index (χ3v) is 6.62. The summed E-state index contributed by atoms with van der Waals surface area (Å²) in [5.41, 5.74) is 0.912. The number of benzene rings is 2. The van der Waals surface area contributed by atoms with Gasteiger partial charge in [0, 0.05) is 22.7 Å². The lowest BCUT2D eigenvalue weighted by Crippen LogP contribution is -2.30. The Balaban J connectivity index is 1.83. The van der Waals surface area contributed by atoms with Gasteiger partial charge in [0.2, 0.25) is 0 Å². The van der Waals surface area contributed by atoms with E-state index in [0.29, 0.717) is 24.2 Å². The maximum atomic E-state index is 13.8. The van der Waals surface area contributed by atoms with E-state index in [1.807, 2.05) is 17.5 Å². The van der Waals surface area contributed by atoms with E-state index in [9.17, 15) is 17.6 Å². The number of thiophene rings is 1. The first-order valence-electron chi connectivity index (χ1n) is 9.12. The Kier molecular flexibility index (Phi) is 6.69. The lowest BCUT2D eigenvalue weighted by atomic mass is 10.1. The number of amides is 1. The smallest absolute Gasteiger partial charge is 0.261 e. The summed E-state index contributed by atoms with van der Waals surface area (Å²) in [7, 11) is -4.00. The topological polar surface area (TPSA) is 66.5 Å². The minimum Gasteiger partial charge on any atom is -0.330 e. The number of nitrogens with zero attached hydrogens (tertiary/aromatic N) is 1. The van der Waals surface area contributed by atoms with E-state index < -0.39 is 15.8 Å². The van der Waals surface area contributed by atoms with Gasteiger partial charge in [0.25, 0.3) is 15.9 Å². The number of carbonyl (C=O) groups excluding carboxylic acids is 1. The van der Waals surface area contributed by atoms with Gasteiger partial charge in [-0.3, -0.25) is 9.52 Å². The molecule has 0 atom stereocenters. The molecule has 0 aliphatic rings. The molecule has 0 spiro atoms. The molecule has 30 heavy (non-hydrogen) atoms. The molecule has 1 heterocycles. The van der Waals surface area contributed by atoms with Crippen LogP contribution in [-0.4, -0.2) is 25.8 Å². The molecule has 0 radical (unpaired) electrons. The fourth-order valence-corrected chi connectivity index (χ4v) is 4.60. The van der Waals surface area contributed by atoms with Gasteiger partial charge in [0.05, 0.1) is 11.4 Å². The third-order valence-electron chi connectivity index (χ3n) is 4.38. The fourth-order valence-electron chi connectivity index (χ4n) is 2.82. The monoisotopic (exact) mass is 444 g/mol. The maximum Gasteiger partial charge on any atom is 0.261 e. The van der Waals surface area contributed by atoms with E-state index in [1.165, 1.54) is 24.3 Å². The van der Waals surface area contributed by atoms with Gasteiger partial charge in [-0.15, -0.1) is 17.9 Å². The highest BCUT2D eigenvalue weighted by atomic mass is 32.2. The number of hydrogen-bond acceptors (Lipinski definition) is 4. The molecule has 0 aliphatic carbocycles. The summed E-state index contributed by atoms with van der Waals surface area (Å²) in [6, 6.07) is 13.8. The molecular formula is C22H21FN2O3S2. The second-order valence-corrected chi connectivity index (χ2v) is 9.37. The van der Waals surface area contributed by atoms with Gasteiger partial charge in [-0.2, -0.15) is 0 Å². The summed E-state index contributed by atoms with van der Waals surface area (Å²) in [4.78, 5) is 15.5. The third kappa shape index (κ3) is 5.14. The second-order valence-electron chi connectivity index (χ2n) is 6.65. The van der Waals surface area contributed by atoms with E-state index in [1.54, 1.807) is 41.4 Å². The molecule has 0 bridgehead atoms. The van der Waals surface area contributed by atoms with E-state index in [0.717, 1.165) is 10.9 Å². The molecule has 1 N–H and O–H groups in total. The van der Waals surface area contributed by atoms with Gasteiger partial charge in [-0.25, -0.2) is 12.8 Å². The standard InChI is InChI=1S/C22H21FN2O3S2/c1-3-11-25(15-19-8-5-12-29-19)22(26)17-6-4-7-18(13-17)24-30(27,28)20-10-9-16(2)21(23)14-20/h3-10,12-14,24H,1,11,15H2,2H3. The van der Waals surface area contributed by atoms with Crippen molar-refractivity contribution in [1.82, 2.24) is 4.90 Å². The van der Waals surface area contributed by atoms with Crippen LogP contribution in [0.4, 0.5) is 10.1 Å². The average molecular weight is 445 g/mol. The molecule has 3 aromatic rings. The van der Waals surface area contributed by atoms with Crippen molar-refractivity contribution in [1.29, 1.82) is 0 Å². The number of carbonyl (C=O) groups is 1. The lowest BCUT2D eigenvalue weighted by Gasteiger charge is -2.21. The number of halogens is 1. The van der Waals surface area contributed by atoms with E-state index >= 15 is 0 Å². The lowest BCUT2D eigenvalue weighted by molar-refractivity contribution is 0.0764. The molecule has 156 valence electrons. The zero-order valence-corrected chi connectivity index (χ0v) is 18.0. The first kappa shape index (κ1) is 21.7. The van der Waals surface area contributed by atoms with Gasteiger partial charge in [0.1, 0.15) is 5.82 Å². The van der Waals surface area contributed by atoms with Crippen molar-refractivity contribution in [3.63, 3.8) is 0 Å². The zero-order valence-electron chi connectivity index (χ0n) is 16.3. The van der Waals surface area contributed by atoms with Crippen LogP contribution in [0.3, 0.4) is 0 Å². The van der Waals surface area contributed by atoms with Crippen LogP contribution in [-0.2, 0) is 16.6 Å². The van der Waals surface area contributed by atoms with Crippen LogP contribution in [0.25, 0.3) is 0 Å². The summed E-state index contributed by atoms with van der Waals surface area (Å²) in [5, 5.41) is 1.94. The molecule has 1 amide bonds. The summed E-state index contributed by atoms with van der Waals surface area (Å²) >= 11 is 1.55.